The van der Waals surface area contributed by atoms with Crippen molar-refractivity contribution in [3.63, 3.8) is 0 Å². The quantitative estimate of drug-likeness (QED) is 0.463. The predicted molar refractivity (Wildman–Crippen MR) is 116 cm³/mol. The number of hydrogen-bond donors (Lipinski definition) is 1. The van der Waals surface area contributed by atoms with Crippen LogP contribution in [0.4, 0.5) is 14.5 Å². The zero-order chi connectivity index (χ0) is 22.8. The van der Waals surface area contributed by atoms with Crippen LogP contribution in [0.3, 0.4) is 0 Å². The lowest BCUT2D eigenvalue weighted by atomic mass is 10.1. The molecule has 164 valence electrons. The standard InChI is InChI=1S/C23H20F2N4O3/c1-13-4-9-20(32-3)18(10-13)28-23(30)16-12-26-29-19(21(24)25)11-17(27-22(16)29)14-5-7-15(31-2)8-6-14/h4-12,21H,1-3H3,(H,28,30). The molecule has 0 aliphatic rings. The minimum absolute atomic E-state index is 0.0257. The van der Waals surface area contributed by atoms with E-state index in [9.17, 15) is 13.6 Å². The molecule has 4 rings (SSSR count). The van der Waals surface area contributed by atoms with Gasteiger partial charge in [0.1, 0.15) is 22.8 Å². The number of rotatable bonds is 6. The summed E-state index contributed by atoms with van der Waals surface area (Å²) in [5.74, 6) is 0.560. The van der Waals surface area contributed by atoms with Crippen molar-refractivity contribution in [2.24, 2.45) is 0 Å². The highest BCUT2D eigenvalue weighted by molar-refractivity contribution is 6.09. The molecule has 0 unspecified atom stereocenters. The minimum Gasteiger partial charge on any atom is -0.497 e. The van der Waals surface area contributed by atoms with Crippen LogP contribution in [0.2, 0.25) is 0 Å². The number of benzene rings is 2. The van der Waals surface area contributed by atoms with Crippen molar-refractivity contribution >= 4 is 17.2 Å². The molecule has 0 atom stereocenters. The van der Waals surface area contributed by atoms with Crippen molar-refractivity contribution in [3.8, 4) is 22.8 Å². The van der Waals surface area contributed by atoms with Gasteiger partial charge in [-0.3, -0.25) is 4.79 Å². The van der Waals surface area contributed by atoms with Crippen molar-refractivity contribution in [1.82, 2.24) is 14.6 Å². The van der Waals surface area contributed by atoms with E-state index >= 15 is 0 Å². The van der Waals surface area contributed by atoms with Gasteiger partial charge in [0.25, 0.3) is 12.3 Å². The average molecular weight is 438 g/mol. The molecule has 0 saturated heterocycles. The van der Waals surface area contributed by atoms with Crippen molar-refractivity contribution in [2.45, 2.75) is 13.3 Å². The zero-order valence-electron chi connectivity index (χ0n) is 17.6. The van der Waals surface area contributed by atoms with Crippen LogP contribution in [0, 0.1) is 6.92 Å². The maximum atomic E-state index is 13.8. The number of amides is 1. The molecule has 0 aliphatic heterocycles. The number of halogens is 2. The Morgan fingerprint density at radius 3 is 2.47 bits per heavy atom. The van der Waals surface area contributed by atoms with E-state index in [1.165, 1.54) is 26.5 Å². The third-order valence-corrected chi connectivity index (χ3v) is 4.96. The number of carbonyl (C=O) groups is 1. The SMILES string of the molecule is COc1ccc(-c2cc(C(F)F)n3ncc(C(=O)Nc4cc(C)ccc4OC)c3n2)cc1. The van der Waals surface area contributed by atoms with E-state index in [0.29, 0.717) is 22.7 Å². The maximum Gasteiger partial charge on any atom is 0.280 e. The molecule has 4 aromatic rings. The molecule has 2 heterocycles. The van der Waals surface area contributed by atoms with Crippen LogP contribution in [0.5, 0.6) is 11.5 Å². The predicted octanol–water partition coefficient (Wildman–Crippen LogP) is 4.91. The molecule has 2 aromatic carbocycles. The van der Waals surface area contributed by atoms with Crippen LogP contribution < -0.4 is 14.8 Å². The highest BCUT2D eigenvalue weighted by atomic mass is 19.3. The van der Waals surface area contributed by atoms with E-state index in [4.69, 9.17) is 9.47 Å². The van der Waals surface area contributed by atoms with Gasteiger partial charge in [-0.15, -0.1) is 0 Å². The van der Waals surface area contributed by atoms with E-state index in [2.05, 4.69) is 15.4 Å². The summed E-state index contributed by atoms with van der Waals surface area (Å²) in [4.78, 5) is 17.5. The molecule has 0 spiro atoms. The second-order valence-corrected chi connectivity index (χ2v) is 7.05. The fraction of sp³-hybridized carbons (Fsp3) is 0.174. The van der Waals surface area contributed by atoms with Gasteiger partial charge in [-0.25, -0.2) is 18.3 Å². The lowest BCUT2D eigenvalue weighted by Crippen LogP contribution is -2.13. The molecule has 0 saturated carbocycles. The number of nitrogens with zero attached hydrogens (tertiary/aromatic N) is 3. The number of fused-ring (bicyclic) bond motifs is 1. The highest BCUT2D eigenvalue weighted by Crippen LogP contribution is 2.29. The molecular formula is C23H20F2N4O3. The van der Waals surface area contributed by atoms with E-state index < -0.39 is 12.3 Å². The molecule has 0 radical (unpaired) electrons. The van der Waals surface area contributed by atoms with E-state index in [-0.39, 0.29) is 22.6 Å². The summed E-state index contributed by atoms with van der Waals surface area (Å²) in [5, 5.41) is 6.75. The first kappa shape index (κ1) is 21.2. The number of ether oxygens (including phenoxy) is 2. The first-order chi connectivity index (χ1) is 15.4. The summed E-state index contributed by atoms with van der Waals surface area (Å²) < 4.78 is 39.0. The molecule has 0 aliphatic carbocycles. The van der Waals surface area contributed by atoms with Crippen molar-refractivity contribution in [1.29, 1.82) is 0 Å². The van der Waals surface area contributed by atoms with Gasteiger partial charge in [0.2, 0.25) is 0 Å². The first-order valence-corrected chi connectivity index (χ1v) is 9.68. The van der Waals surface area contributed by atoms with Gasteiger partial charge in [-0.2, -0.15) is 5.10 Å². The van der Waals surface area contributed by atoms with Gasteiger partial charge in [0, 0.05) is 5.56 Å². The molecule has 7 nitrogen and oxygen atoms in total. The Balaban J connectivity index is 1.79. The molecule has 1 N–H and O–H groups in total. The molecule has 0 bridgehead atoms. The van der Waals surface area contributed by atoms with Crippen LogP contribution in [0.25, 0.3) is 16.9 Å². The number of nitrogens with one attached hydrogen (secondary N) is 1. The Morgan fingerprint density at radius 2 is 1.81 bits per heavy atom. The summed E-state index contributed by atoms with van der Waals surface area (Å²) in [6, 6.07) is 13.4. The summed E-state index contributed by atoms with van der Waals surface area (Å²) in [7, 11) is 3.03. The van der Waals surface area contributed by atoms with E-state index in [1.54, 1.807) is 36.4 Å². The van der Waals surface area contributed by atoms with Crippen molar-refractivity contribution < 1.29 is 23.0 Å². The largest absolute Gasteiger partial charge is 0.497 e. The Bertz CT molecular complexity index is 1290. The normalized spacial score (nSPS) is 11.1. The fourth-order valence-electron chi connectivity index (χ4n) is 3.32. The average Bonchev–Trinajstić information content (AvgIpc) is 3.22. The van der Waals surface area contributed by atoms with E-state index in [1.807, 2.05) is 13.0 Å². The number of methoxy groups -OCH3 is 2. The van der Waals surface area contributed by atoms with Crippen LogP contribution in [-0.4, -0.2) is 34.7 Å². The summed E-state index contributed by atoms with van der Waals surface area (Å²) in [6.45, 7) is 1.88. The second kappa shape index (κ2) is 8.62. The van der Waals surface area contributed by atoms with Crippen LogP contribution in [-0.2, 0) is 0 Å². The number of carbonyl (C=O) groups excluding carboxylic acids is 1. The van der Waals surface area contributed by atoms with Crippen molar-refractivity contribution in [3.05, 3.63) is 71.5 Å². The maximum absolute atomic E-state index is 13.8. The third-order valence-electron chi connectivity index (χ3n) is 4.96. The highest BCUT2D eigenvalue weighted by Gasteiger charge is 2.22. The minimum atomic E-state index is -2.81. The summed E-state index contributed by atoms with van der Waals surface area (Å²) >= 11 is 0. The zero-order valence-corrected chi connectivity index (χ0v) is 17.6. The fourth-order valence-corrected chi connectivity index (χ4v) is 3.32. The summed E-state index contributed by atoms with van der Waals surface area (Å²) in [5.41, 5.74) is 1.98. The van der Waals surface area contributed by atoms with Crippen LogP contribution in [0.1, 0.15) is 28.0 Å². The van der Waals surface area contributed by atoms with Gasteiger partial charge < -0.3 is 14.8 Å². The summed E-state index contributed by atoms with van der Waals surface area (Å²) in [6.07, 6.45) is -1.59. The lowest BCUT2D eigenvalue weighted by Gasteiger charge is -2.11. The van der Waals surface area contributed by atoms with Crippen LogP contribution in [0.15, 0.2) is 54.7 Å². The molecule has 9 heteroatoms. The molecule has 32 heavy (non-hydrogen) atoms. The van der Waals surface area contributed by atoms with Crippen molar-refractivity contribution in [2.75, 3.05) is 19.5 Å². The number of alkyl halides is 2. The van der Waals surface area contributed by atoms with Gasteiger partial charge in [0.05, 0.1) is 31.8 Å². The molecule has 1 amide bonds. The van der Waals surface area contributed by atoms with Gasteiger partial charge in [0.15, 0.2) is 5.65 Å². The second-order valence-electron chi connectivity index (χ2n) is 7.05. The van der Waals surface area contributed by atoms with Gasteiger partial charge in [-0.1, -0.05) is 6.07 Å². The third kappa shape index (κ3) is 3.96. The number of anilines is 1. The molecule has 0 fully saturated rings. The topological polar surface area (TPSA) is 77.8 Å². The number of aryl methyl sites for hydroxylation is 1. The van der Waals surface area contributed by atoms with Gasteiger partial charge in [-0.05, 0) is 55.0 Å². The smallest absolute Gasteiger partial charge is 0.280 e. The lowest BCUT2D eigenvalue weighted by molar-refractivity contribution is 0.102. The Morgan fingerprint density at radius 1 is 1.06 bits per heavy atom. The van der Waals surface area contributed by atoms with E-state index in [0.717, 1.165) is 10.1 Å². The Kier molecular flexibility index (Phi) is 5.72. The molecular weight excluding hydrogens is 418 g/mol. The number of aromatic nitrogens is 3. The molecule has 2 aromatic heterocycles. The Labute approximate surface area is 182 Å². The number of hydrogen-bond acceptors (Lipinski definition) is 5. The first-order valence-electron chi connectivity index (χ1n) is 9.68. The van der Waals surface area contributed by atoms with Crippen LogP contribution >= 0.6 is 0 Å². The Hall–Kier alpha value is -4.01. The monoisotopic (exact) mass is 438 g/mol. The van der Waals surface area contributed by atoms with Gasteiger partial charge >= 0.3 is 0 Å².